The van der Waals surface area contributed by atoms with Crippen molar-refractivity contribution >= 4 is 25.6 Å². The lowest BCUT2D eigenvalue weighted by Gasteiger charge is -2.16. The topological polar surface area (TPSA) is 97.4 Å². The van der Waals surface area contributed by atoms with Crippen molar-refractivity contribution in [2.45, 2.75) is 24.0 Å². The van der Waals surface area contributed by atoms with E-state index in [9.17, 15) is 26.0 Å². The first kappa shape index (κ1) is 22.0. The standard InChI is InChI=1S/C19H22FNO5S2/c1-27(23,24)13-15-8-9-17(20)11-16(15)12-21-19(22)18(28(2,25)26)10-14-6-4-3-5-7-14/h3-9,11,18H,10,12-13H2,1-2H3,(H,21,22). The van der Waals surface area contributed by atoms with E-state index >= 15 is 0 Å². The van der Waals surface area contributed by atoms with E-state index in [0.717, 1.165) is 24.6 Å². The zero-order chi connectivity index (χ0) is 20.9. The Hall–Kier alpha value is -2.26. The molecule has 0 aliphatic carbocycles. The first-order chi connectivity index (χ1) is 13.0. The van der Waals surface area contributed by atoms with Crippen LogP contribution in [-0.2, 0) is 43.2 Å². The van der Waals surface area contributed by atoms with Crippen LogP contribution in [0.5, 0.6) is 0 Å². The van der Waals surface area contributed by atoms with Crippen molar-refractivity contribution < 1.29 is 26.0 Å². The van der Waals surface area contributed by atoms with Crippen molar-refractivity contribution in [3.63, 3.8) is 0 Å². The minimum Gasteiger partial charge on any atom is -0.351 e. The molecule has 0 aliphatic heterocycles. The summed E-state index contributed by atoms with van der Waals surface area (Å²) in [5, 5.41) is 1.20. The molecular weight excluding hydrogens is 405 g/mol. The van der Waals surface area contributed by atoms with Gasteiger partial charge in [-0.25, -0.2) is 21.2 Å². The molecule has 0 spiro atoms. The first-order valence-corrected chi connectivity index (χ1v) is 12.4. The molecule has 0 saturated carbocycles. The molecule has 0 saturated heterocycles. The Morgan fingerprint density at radius 2 is 1.64 bits per heavy atom. The van der Waals surface area contributed by atoms with Crippen molar-refractivity contribution in [2.24, 2.45) is 0 Å². The van der Waals surface area contributed by atoms with Gasteiger partial charge in [-0.3, -0.25) is 4.79 Å². The Labute approximate surface area is 164 Å². The molecule has 0 aliphatic rings. The van der Waals surface area contributed by atoms with Crippen LogP contribution in [0, 0.1) is 5.82 Å². The number of rotatable bonds is 8. The van der Waals surface area contributed by atoms with E-state index < -0.39 is 36.6 Å². The van der Waals surface area contributed by atoms with Gasteiger partial charge >= 0.3 is 0 Å². The molecule has 2 rings (SSSR count). The van der Waals surface area contributed by atoms with Gasteiger partial charge in [0.2, 0.25) is 5.91 Å². The second kappa shape index (κ2) is 8.83. The summed E-state index contributed by atoms with van der Waals surface area (Å²) < 4.78 is 60.9. The molecule has 1 amide bonds. The number of hydrogen-bond donors (Lipinski definition) is 1. The zero-order valence-corrected chi connectivity index (χ0v) is 17.2. The van der Waals surface area contributed by atoms with Gasteiger partial charge in [0.1, 0.15) is 11.1 Å². The third-order valence-corrected chi connectivity index (χ3v) is 6.36. The summed E-state index contributed by atoms with van der Waals surface area (Å²) >= 11 is 0. The average Bonchev–Trinajstić information content (AvgIpc) is 2.58. The van der Waals surface area contributed by atoms with Crippen LogP contribution in [0.4, 0.5) is 4.39 Å². The molecule has 0 aromatic heterocycles. The lowest BCUT2D eigenvalue weighted by molar-refractivity contribution is -0.120. The fourth-order valence-electron chi connectivity index (χ4n) is 2.75. The van der Waals surface area contributed by atoms with E-state index in [-0.39, 0.29) is 24.3 Å². The Bertz CT molecular complexity index is 1050. The quantitative estimate of drug-likeness (QED) is 0.691. The molecule has 28 heavy (non-hydrogen) atoms. The molecule has 1 unspecified atom stereocenters. The first-order valence-electron chi connectivity index (χ1n) is 8.41. The van der Waals surface area contributed by atoms with E-state index in [1.54, 1.807) is 30.3 Å². The third kappa shape index (κ3) is 6.72. The Balaban J connectivity index is 2.20. The van der Waals surface area contributed by atoms with E-state index in [4.69, 9.17) is 0 Å². The van der Waals surface area contributed by atoms with Gasteiger partial charge in [-0.15, -0.1) is 0 Å². The monoisotopic (exact) mass is 427 g/mol. The smallest absolute Gasteiger partial charge is 0.238 e. The summed E-state index contributed by atoms with van der Waals surface area (Å²) in [6.45, 7) is -0.178. The van der Waals surface area contributed by atoms with Crippen LogP contribution >= 0.6 is 0 Å². The molecule has 6 nitrogen and oxygen atoms in total. The molecule has 2 aromatic rings. The maximum atomic E-state index is 13.6. The number of hydrogen-bond acceptors (Lipinski definition) is 5. The van der Waals surface area contributed by atoms with Crippen LogP contribution in [0.2, 0.25) is 0 Å². The summed E-state index contributed by atoms with van der Waals surface area (Å²) in [6.07, 6.45) is 2.04. The molecule has 0 heterocycles. The molecule has 1 atom stereocenters. The van der Waals surface area contributed by atoms with Crippen molar-refractivity contribution in [3.05, 3.63) is 71.0 Å². The molecule has 0 radical (unpaired) electrons. The van der Waals surface area contributed by atoms with Gasteiger partial charge in [-0.1, -0.05) is 36.4 Å². The Morgan fingerprint density at radius 3 is 2.21 bits per heavy atom. The van der Waals surface area contributed by atoms with Crippen molar-refractivity contribution in [1.29, 1.82) is 0 Å². The van der Waals surface area contributed by atoms with Crippen molar-refractivity contribution in [3.8, 4) is 0 Å². The van der Waals surface area contributed by atoms with E-state index in [0.29, 0.717) is 11.1 Å². The highest BCUT2D eigenvalue weighted by Crippen LogP contribution is 2.15. The number of carbonyl (C=O) groups is 1. The van der Waals surface area contributed by atoms with Gasteiger partial charge in [0.05, 0.1) is 5.75 Å². The molecule has 0 bridgehead atoms. The molecular formula is C19H22FNO5S2. The highest BCUT2D eigenvalue weighted by Gasteiger charge is 2.29. The predicted octanol–water partition coefficient (Wildman–Crippen LogP) is 1.64. The molecule has 2 aromatic carbocycles. The number of amides is 1. The van der Waals surface area contributed by atoms with Crippen LogP contribution < -0.4 is 5.32 Å². The zero-order valence-electron chi connectivity index (χ0n) is 15.6. The van der Waals surface area contributed by atoms with Gasteiger partial charge in [0.25, 0.3) is 0 Å². The van der Waals surface area contributed by atoms with Gasteiger partial charge in [-0.2, -0.15) is 0 Å². The second-order valence-electron chi connectivity index (χ2n) is 6.71. The summed E-state index contributed by atoms with van der Waals surface area (Å²) in [6, 6.07) is 12.3. The largest absolute Gasteiger partial charge is 0.351 e. The summed E-state index contributed by atoms with van der Waals surface area (Å²) in [5.74, 6) is -1.61. The van der Waals surface area contributed by atoms with Crippen molar-refractivity contribution in [2.75, 3.05) is 12.5 Å². The lowest BCUT2D eigenvalue weighted by Crippen LogP contribution is -2.40. The number of carbonyl (C=O) groups excluding carboxylic acids is 1. The van der Waals surface area contributed by atoms with E-state index in [1.807, 2.05) is 0 Å². The Kier molecular flexibility index (Phi) is 6.95. The summed E-state index contributed by atoms with van der Waals surface area (Å²) in [4.78, 5) is 12.5. The lowest BCUT2D eigenvalue weighted by atomic mass is 10.1. The fraction of sp³-hybridized carbons (Fsp3) is 0.316. The van der Waals surface area contributed by atoms with Crippen LogP contribution in [0.1, 0.15) is 16.7 Å². The summed E-state index contributed by atoms with van der Waals surface area (Å²) in [5.41, 5.74) is 1.32. The number of sulfone groups is 2. The van der Waals surface area contributed by atoms with Crippen LogP contribution in [0.3, 0.4) is 0 Å². The number of benzene rings is 2. The number of halogens is 1. The SMILES string of the molecule is CS(=O)(=O)Cc1ccc(F)cc1CNC(=O)C(Cc1ccccc1)S(C)(=O)=O. The molecule has 1 N–H and O–H groups in total. The maximum Gasteiger partial charge on any atom is 0.238 e. The Morgan fingerprint density at radius 1 is 1.00 bits per heavy atom. The summed E-state index contributed by atoms with van der Waals surface area (Å²) in [7, 11) is -7.06. The predicted molar refractivity (Wildman–Crippen MR) is 106 cm³/mol. The highest BCUT2D eigenvalue weighted by molar-refractivity contribution is 7.92. The van der Waals surface area contributed by atoms with Crippen molar-refractivity contribution in [1.82, 2.24) is 5.32 Å². The molecule has 0 fully saturated rings. The van der Waals surface area contributed by atoms with E-state index in [2.05, 4.69) is 5.32 Å². The van der Waals surface area contributed by atoms with E-state index in [1.165, 1.54) is 6.07 Å². The average molecular weight is 428 g/mol. The van der Waals surface area contributed by atoms with Crippen LogP contribution in [-0.4, -0.2) is 40.5 Å². The third-order valence-electron chi connectivity index (χ3n) is 4.11. The minimum absolute atomic E-state index is 0.00482. The highest BCUT2D eigenvalue weighted by atomic mass is 32.2. The second-order valence-corrected chi connectivity index (χ2v) is 11.1. The van der Waals surface area contributed by atoms with Gasteiger partial charge in [-0.05, 0) is 35.2 Å². The van der Waals surface area contributed by atoms with Gasteiger partial charge in [0.15, 0.2) is 19.7 Å². The molecule has 152 valence electrons. The minimum atomic E-state index is -3.70. The normalized spacial score (nSPS) is 13.1. The maximum absolute atomic E-state index is 13.6. The van der Waals surface area contributed by atoms with Crippen LogP contribution in [0.25, 0.3) is 0 Å². The molecule has 9 heteroatoms. The number of nitrogens with one attached hydrogen (secondary N) is 1. The van der Waals surface area contributed by atoms with Crippen LogP contribution in [0.15, 0.2) is 48.5 Å². The fourth-order valence-corrected chi connectivity index (χ4v) is 4.56. The van der Waals surface area contributed by atoms with Gasteiger partial charge in [0, 0.05) is 19.1 Å². The van der Waals surface area contributed by atoms with Gasteiger partial charge < -0.3 is 5.32 Å².